The normalized spacial score (nSPS) is 11.3. The Morgan fingerprint density at radius 3 is 1.46 bits per heavy atom. The van der Waals surface area contributed by atoms with Gasteiger partial charge in [0, 0.05) is 10.8 Å². The average Bonchev–Trinajstić information content (AvgIpc) is 3.50. The zero-order chi connectivity index (χ0) is 32.5. The minimum atomic E-state index is -3.05. The molecule has 0 saturated heterocycles. The van der Waals surface area contributed by atoms with Gasteiger partial charge in [-0.2, -0.15) is 5.26 Å². The summed E-state index contributed by atoms with van der Waals surface area (Å²) in [6.45, 7) is 8.58. The van der Waals surface area contributed by atoms with Gasteiger partial charge < -0.3 is 4.57 Å². The number of hydrogen-bond acceptors (Lipinski definition) is 1. The van der Waals surface area contributed by atoms with E-state index < -0.39 is 8.07 Å². The van der Waals surface area contributed by atoms with Crippen molar-refractivity contribution in [2.24, 2.45) is 0 Å². The monoisotopic (exact) mass is 627 g/mol. The first kappa shape index (κ1) is 29.0. The lowest BCUT2D eigenvalue weighted by molar-refractivity contribution is 1.18. The summed E-state index contributed by atoms with van der Waals surface area (Å²) >= 11 is 0. The van der Waals surface area contributed by atoms with E-state index >= 15 is 0 Å². The van der Waals surface area contributed by atoms with E-state index in [1.165, 1.54) is 10.8 Å². The van der Waals surface area contributed by atoms with Crippen LogP contribution in [0.15, 0.2) is 176 Å². The van der Waals surface area contributed by atoms with Crippen LogP contribution in [-0.4, -0.2) is 12.6 Å². The van der Waals surface area contributed by atoms with Crippen molar-refractivity contribution in [1.82, 2.24) is 4.57 Å². The van der Waals surface area contributed by atoms with Crippen molar-refractivity contribution in [3.8, 4) is 22.9 Å². The van der Waals surface area contributed by atoms with Crippen LogP contribution < -0.4 is 20.7 Å². The van der Waals surface area contributed by atoms with Crippen LogP contribution in [0.4, 0.5) is 5.69 Å². The molecule has 0 aliphatic carbocycles. The highest BCUT2D eigenvalue weighted by molar-refractivity contribution is 7.20. The summed E-state index contributed by atoms with van der Waals surface area (Å²) in [5.74, 6) is 0. The fraction of sp³-hybridized carbons (Fsp3) is 0. The summed E-state index contributed by atoms with van der Waals surface area (Å²) < 4.78 is 2.28. The van der Waals surface area contributed by atoms with Crippen LogP contribution in [0.2, 0.25) is 0 Å². The molecule has 0 unspecified atom stereocenters. The Morgan fingerprint density at radius 1 is 0.500 bits per heavy atom. The third kappa shape index (κ3) is 4.40. The maximum Gasteiger partial charge on any atom is 0.212 e. The van der Waals surface area contributed by atoms with Gasteiger partial charge in [0.2, 0.25) is 5.69 Å². The third-order valence-electron chi connectivity index (χ3n) is 9.44. The number of para-hydroxylation sites is 3. The minimum Gasteiger partial charge on any atom is -0.309 e. The Bertz CT molecular complexity index is 2370. The van der Waals surface area contributed by atoms with E-state index in [9.17, 15) is 5.26 Å². The Kier molecular flexibility index (Phi) is 7.27. The molecule has 4 heteroatoms. The number of benzene rings is 7. The molecule has 0 radical (unpaired) electrons. The lowest BCUT2D eigenvalue weighted by atomic mass is 9.98. The van der Waals surface area contributed by atoms with Crippen LogP contribution in [0.5, 0.6) is 0 Å². The van der Waals surface area contributed by atoms with Gasteiger partial charge in [-0.1, -0.05) is 158 Å². The Balaban J connectivity index is 1.45. The van der Waals surface area contributed by atoms with Crippen LogP contribution in [0.3, 0.4) is 0 Å². The first-order valence-corrected chi connectivity index (χ1v) is 18.0. The second-order valence-corrected chi connectivity index (χ2v) is 15.6. The molecule has 48 heavy (non-hydrogen) atoms. The van der Waals surface area contributed by atoms with Crippen molar-refractivity contribution < 1.29 is 0 Å². The van der Waals surface area contributed by atoms with Crippen molar-refractivity contribution in [2.75, 3.05) is 0 Å². The molecule has 8 aromatic rings. The lowest BCUT2D eigenvalue weighted by Crippen LogP contribution is -2.75. The Hall–Kier alpha value is -6.46. The van der Waals surface area contributed by atoms with Crippen LogP contribution in [-0.2, 0) is 0 Å². The smallest absolute Gasteiger partial charge is 0.212 e. The van der Waals surface area contributed by atoms with E-state index in [1.54, 1.807) is 0 Å². The van der Waals surface area contributed by atoms with E-state index in [-0.39, 0.29) is 0 Å². The van der Waals surface area contributed by atoms with Gasteiger partial charge in [-0.15, -0.1) is 0 Å². The molecule has 8 rings (SSSR count). The highest BCUT2D eigenvalue weighted by atomic mass is 28.3. The second-order valence-electron chi connectivity index (χ2n) is 11.8. The van der Waals surface area contributed by atoms with Gasteiger partial charge in [0.15, 0.2) is 8.07 Å². The molecule has 0 spiro atoms. The summed E-state index contributed by atoms with van der Waals surface area (Å²) in [6, 6.07) is 63.5. The predicted molar refractivity (Wildman–Crippen MR) is 201 cm³/mol. The number of rotatable bonds is 6. The van der Waals surface area contributed by atoms with Crippen LogP contribution >= 0.6 is 0 Å². The fourth-order valence-electron chi connectivity index (χ4n) is 7.46. The molecular weight excluding hydrogens is 599 g/mol. The molecule has 0 aliphatic rings. The van der Waals surface area contributed by atoms with Gasteiger partial charge in [0.25, 0.3) is 0 Å². The molecule has 0 aliphatic heterocycles. The van der Waals surface area contributed by atoms with Crippen molar-refractivity contribution in [3.63, 3.8) is 0 Å². The molecule has 0 bridgehead atoms. The van der Waals surface area contributed by atoms with Gasteiger partial charge in [0.05, 0.1) is 34.9 Å². The van der Waals surface area contributed by atoms with Crippen molar-refractivity contribution >= 4 is 56.3 Å². The van der Waals surface area contributed by atoms with Crippen LogP contribution in [0.1, 0.15) is 5.56 Å². The van der Waals surface area contributed by atoms with Gasteiger partial charge >= 0.3 is 0 Å². The first-order chi connectivity index (χ1) is 23.8. The standard InChI is InChI=1S/C44H29N3Si/c1-46-44-38(37-25-13-16-28-42(37)47-40-26-14-11-23-35(40)36-24-12-15-27-41(36)47)29-30-43(39(44)31-45)48(32-17-5-2-6-18-32,33-19-7-3-8-20-33)34-21-9-4-10-22-34/h2-30H. The summed E-state index contributed by atoms with van der Waals surface area (Å²) in [5, 5.41) is 17.8. The molecule has 0 fully saturated rings. The van der Waals surface area contributed by atoms with Crippen molar-refractivity contribution in [3.05, 3.63) is 193 Å². The van der Waals surface area contributed by atoms with Gasteiger partial charge in [0.1, 0.15) is 0 Å². The quantitative estimate of drug-likeness (QED) is 0.104. The molecule has 1 aromatic heterocycles. The molecule has 0 amide bonds. The van der Waals surface area contributed by atoms with Gasteiger partial charge in [-0.3, -0.25) is 0 Å². The van der Waals surface area contributed by atoms with Gasteiger partial charge in [-0.25, -0.2) is 4.85 Å². The van der Waals surface area contributed by atoms with Crippen molar-refractivity contribution in [2.45, 2.75) is 0 Å². The molecule has 1 heterocycles. The Morgan fingerprint density at radius 2 is 0.958 bits per heavy atom. The number of aromatic nitrogens is 1. The Labute approximate surface area is 281 Å². The maximum absolute atomic E-state index is 11.1. The molecule has 0 saturated carbocycles. The molecule has 3 nitrogen and oxygen atoms in total. The molecule has 224 valence electrons. The zero-order valence-corrected chi connectivity index (χ0v) is 27.1. The predicted octanol–water partition coefficient (Wildman–Crippen LogP) is 8.25. The van der Waals surface area contributed by atoms with Crippen LogP contribution in [0.25, 0.3) is 43.5 Å². The summed E-state index contributed by atoms with van der Waals surface area (Å²) in [5.41, 5.74) is 5.62. The first-order valence-electron chi connectivity index (χ1n) is 16.0. The van der Waals surface area contributed by atoms with E-state index in [1.807, 2.05) is 30.3 Å². The highest BCUT2D eigenvalue weighted by Crippen LogP contribution is 2.40. The third-order valence-corrected chi connectivity index (χ3v) is 14.3. The number of nitriles is 1. The molecule has 0 N–H and O–H groups in total. The van der Waals surface area contributed by atoms with E-state index in [4.69, 9.17) is 6.57 Å². The number of fused-ring (bicyclic) bond motifs is 3. The van der Waals surface area contributed by atoms with E-state index in [0.717, 1.165) is 48.6 Å². The largest absolute Gasteiger partial charge is 0.309 e. The summed E-state index contributed by atoms with van der Waals surface area (Å²) in [6.07, 6.45) is 0. The lowest BCUT2D eigenvalue weighted by Gasteiger charge is -2.35. The topological polar surface area (TPSA) is 33.1 Å². The van der Waals surface area contributed by atoms with Crippen molar-refractivity contribution in [1.29, 1.82) is 5.26 Å². The van der Waals surface area contributed by atoms with Crippen LogP contribution in [0, 0.1) is 17.9 Å². The fourth-order valence-corrected chi connectivity index (χ4v) is 12.4. The average molecular weight is 628 g/mol. The SMILES string of the molecule is [C-]#[N+]c1c(-c2ccccc2-n2c3ccccc3c3ccccc32)ccc([Si](c2ccccc2)(c2ccccc2)c2ccccc2)c1C#N. The minimum absolute atomic E-state index is 0.378. The number of nitrogens with zero attached hydrogens (tertiary/aromatic N) is 3. The van der Waals surface area contributed by atoms with E-state index in [0.29, 0.717) is 11.3 Å². The number of hydrogen-bond donors (Lipinski definition) is 0. The molecular formula is C44H29N3Si. The highest BCUT2D eigenvalue weighted by Gasteiger charge is 2.43. The van der Waals surface area contributed by atoms with E-state index in [2.05, 4.69) is 161 Å². The summed E-state index contributed by atoms with van der Waals surface area (Å²) in [7, 11) is -3.05. The molecule has 0 atom stereocenters. The van der Waals surface area contributed by atoms with Gasteiger partial charge in [-0.05, 0) is 50.1 Å². The summed E-state index contributed by atoms with van der Waals surface area (Å²) in [4.78, 5) is 4.16. The molecule has 7 aromatic carbocycles. The second kappa shape index (κ2) is 12.0. The zero-order valence-electron chi connectivity index (χ0n) is 26.1. The maximum atomic E-state index is 11.1.